The largest absolute Gasteiger partial charge is 0.385 e. The van der Waals surface area contributed by atoms with E-state index < -0.39 is 0 Å². The number of aromatic amines is 1. The van der Waals surface area contributed by atoms with Crippen LogP contribution in [0.4, 0.5) is 5.82 Å². The lowest BCUT2D eigenvalue weighted by atomic mass is 9.91. The van der Waals surface area contributed by atoms with Crippen LogP contribution in [0.1, 0.15) is 46.5 Å². The molecule has 94 valence electrons. The molecule has 0 aliphatic heterocycles. The topological polar surface area (TPSA) is 46.7 Å². The van der Waals surface area contributed by atoms with Gasteiger partial charge in [-0.1, -0.05) is 26.7 Å². The Morgan fingerprint density at radius 2 is 2.18 bits per heavy atom. The highest BCUT2D eigenvalue weighted by molar-refractivity contribution is 5.81. The van der Waals surface area contributed by atoms with E-state index >= 15 is 0 Å². The van der Waals surface area contributed by atoms with Gasteiger partial charge in [0, 0.05) is 17.8 Å². The first-order valence-corrected chi connectivity index (χ1v) is 6.56. The third-order valence-corrected chi connectivity index (χ3v) is 3.91. The van der Waals surface area contributed by atoms with Crippen LogP contribution in [-0.2, 0) is 5.54 Å². The van der Waals surface area contributed by atoms with Crippen LogP contribution in [0.5, 0.6) is 0 Å². The van der Waals surface area contributed by atoms with Crippen LogP contribution in [0.25, 0.3) is 11.0 Å². The van der Waals surface area contributed by atoms with Crippen LogP contribution in [0, 0.1) is 0 Å². The minimum absolute atomic E-state index is 0.201. The van der Waals surface area contributed by atoms with Crippen molar-refractivity contribution >= 4 is 16.9 Å². The Hall–Kier alpha value is -1.38. The standard InChI is InChI=1S/C14H23N3/c1-4-6-8-14(3,5-2)17-9-7-11-12(17)10-13(15)16-11/h7,9-10,16H,4-6,8,15H2,1-3H3. The fraction of sp³-hybridized carbons (Fsp3) is 0.571. The maximum absolute atomic E-state index is 5.82. The zero-order valence-corrected chi connectivity index (χ0v) is 11.1. The molecule has 1 atom stereocenters. The number of rotatable bonds is 5. The minimum atomic E-state index is 0.201. The predicted molar refractivity (Wildman–Crippen MR) is 74.2 cm³/mol. The molecule has 2 aromatic rings. The van der Waals surface area contributed by atoms with E-state index in [-0.39, 0.29) is 5.54 Å². The molecule has 0 aliphatic carbocycles. The molecule has 0 radical (unpaired) electrons. The Morgan fingerprint density at radius 3 is 2.82 bits per heavy atom. The van der Waals surface area contributed by atoms with E-state index in [1.807, 2.05) is 6.07 Å². The van der Waals surface area contributed by atoms with Crippen molar-refractivity contribution in [3.05, 3.63) is 18.3 Å². The summed E-state index contributed by atoms with van der Waals surface area (Å²) in [4.78, 5) is 3.19. The molecular formula is C14H23N3. The second-order valence-electron chi connectivity index (χ2n) is 5.16. The molecule has 1 unspecified atom stereocenters. The van der Waals surface area contributed by atoms with E-state index in [9.17, 15) is 0 Å². The van der Waals surface area contributed by atoms with E-state index in [1.165, 1.54) is 24.8 Å². The van der Waals surface area contributed by atoms with Gasteiger partial charge in [0.2, 0.25) is 0 Å². The Morgan fingerprint density at radius 1 is 1.41 bits per heavy atom. The highest BCUT2D eigenvalue weighted by Crippen LogP contribution is 2.32. The lowest BCUT2D eigenvalue weighted by Crippen LogP contribution is -2.28. The Balaban J connectivity index is 2.41. The van der Waals surface area contributed by atoms with Crippen molar-refractivity contribution < 1.29 is 0 Å². The van der Waals surface area contributed by atoms with E-state index in [2.05, 4.69) is 42.6 Å². The lowest BCUT2D eigenvalue weighted by molar-refractivity contribution is 0.283. The molecular weight excluding hydrogens is 210 g/mol. The second-order valence-corrected chi connectivity index (χ2v) is 5.16. The number of nitrogens with zero attached hydrogens (tertiary/aromatic N) is 1. The third-order valence-electron chi connectivity index (χ3n) is 3.91. The van der Waals surface area contributed by atoms with Crippen molar-refractivity contribution in [3.63, 3.8) is 0 Å². The summed E-state index contributed by atoms with van der Waals surface area (Å²) in [7, 11) is 0. The second kappa shape index (κ2) is 4.47. The Bertz CT molecular complexity index is 495. The van der Waals surface area contributed by atoms with Gasteiger partial charge in [-0.2, -0.15) is 0 Å². The van der Waals surface area contributed by atoms with Crippen LogP contribution in [-0.4, -0.2) is 9.55 Å². The molecule has 2 heterocycles. The number of hydrogen-bond acceptors (Lipinski definition) is 1. The molecule has 0 amide bonds. The third kappa shape index (κ3) is 2.06. The summed E-state index contributed by atoms with van der Waals surface area (Å²) in [6.07, 6.45) is 7.05. The summed E-state index contributed by atoms with van der Waals surface area (Å²) in [5.74, 6) is 0.748. The predicted octanol–water partition coefficient (Wildman–Crippen LogP) is 3.87. The molecule has 3 heteroatoms. The summed E-state index contributed by atoms with van der Waals surface area (Å²) in [6, 6.07) is 4.15. The molecule has 3 N–H and O–H groups in total. The van der Waals surface area contributed by atoms with E-state index in [4.69, 9.17) is 5.73 Å². The molecule has 3 nitrogen and oxygen atoms in total. The van der Waals surface area contributed by atoms with Gasteiger partial charge >= 0.3 is 0 Å². The van der Waals surface area contributed by atoms with Gasteiger partial charge in [0.1, 0.15) is 5.82 Å². The summed E-state index contributed by atoms with van der Waals surface area (Å²) in [6.45, 7) is 6.85. The highest BCUT2D eigenvalue weighted by Gasteiger charge is 2.25. The maximum Gasteiger partial charge on any atom is 0.103 e. The number of unbranched alkanes of at least 4 members (excludes halogenated alkanes) is 1. The van der Waals surface area contributed by atoms with Crippen LogP contribution in [0.2, 0.25) is 0 Å². The number of fused-ring (bicyclic) bond motifs is 1. The maximum atomic E-state index is 5.82. The van der Waals surface area contributed by atoms with Crippen LogP contribution >= 0.6 is 0 Å². The van der Waals surface area contributed by atoms with Gasteiger partial charge in [-0.25, -0.2) is 0 Å². The van der Waals surface area contributed by atoms with Crippen LogP contribution in [0.3, 0.4) is 0 Å². The van der Waals surface area contributed by atoms with Crippen molar-refractivity contribution in [1.82, 2.24) is 9.55 Å². The van der Waals surface area contributed by atoms with Crippen molar-refractivity contribution in [2.75, 3.05) is 5.73 Å². The lowest BCUT2D eigenvalue weighted by Gasteiger charge is -2.31. The molecule has 2 aromatic heterocycles. The SMILES string of the molecule is CCCCC(C)(CC)n1ccc2[nH]c(N)cc21. The first kappa shape index (κ1) is 12.1. The number of aromatic nitrogens is 2. The Labute approximate surface area is 103 Å². The van der Waals surface area contributed by atoms with Gasteiger partial charge in [0.25, 0.3) is 0 Å². The van der Waals surface area contributed by atoms with Crippen LogP contribution in [0.15, 0.2) is 18.3 Å². The molecule has 0 bridgehead atoms. The van der Waals surface area contributed by atoms with Gasteiger partial charge in [0.15, 0.2) is 0 Å². The molecule has 0 spiro atoms. The molecule has 0 aliphatic rings. The van der Waals surface area contributed by atoms with E-state index in [0.717, 1.165) is 17.8 Å². The number of anilines is 1. The summed E-state index contributed by atoms with van der Waals surface area (Å²) in [5, 5.41) is 0. The molecule has 0 saturated carbocycles. The summed E-state index contributed by atoms with van der Waals surface area (Å²) in [5.41, 5.74) is 8.38. The van der Waals surface area contributed by atoms with Gasteiger partial charge < -0.3 is 15.3 Å². The fourth-order valence-electron chi connectivity index (χ4n) is 2.53. The number of H-pyrrole nitrogens is 1. The number of nitrogen functional groups attached to an aromatic ring is 1. The average molecular weight is 233 g/mol. The first-order chi connectivity index (χ1) is 8.10. The van der Waals surface area contributed by atoms with Crippen molar-refractivity contribution in [1.29, 1.82) is 0 Å². The van der Waals surface area contributed by atoms with E-state index in [1.54, 1.807) is 0 Å². The first-order valence-electron chi connectivity index (χ1n) is 6.56. The average Bonchev–Trinajstić information content (AvgIpc) is 2.84. The zero-order chi connectivity index (χ0) is 12.5. The Kier molecular flexibility index (Phi) is 3.18. The monoisotopic (exact) mass is 233 g/mol. The minimum Gasteiger partial charge on any atom is -0.385 e. The van der Waals surface area contributed by atoms with Gasteiger partial charge in [0.05, 0.1) is 11.0 Å². The molecule has 0 aromatic carbocycles. The molecule has 2 rings (SSSR count). The molecule has 0 fully saturated rings. The summed E-state index contributed by atoms with van der Waals surface area (Å²) >= 11 is 0. The van der Waals surface area contributed by atoms with Gasteiger partial charge in [-0.15, -0.1) is 0 Å². The number of nitrogens with one attached hydrogen (secondary N) is 1. The van der Waals surface area contributed by atoms with E-state index in [0.29, 0.717) is 0 Å². The van der Waals surface area contributed by atoms with Crippen molar-refractivity contribution in [3.8, 4) is 0 Å². The van der Waals surface area contributed by atoms with Crippen LogP contribution < -0.4 is 5.73 Å². The quantitative estimate of drug-likeness (QED) is 0.809. The van der Waals surface area contributed by atoms with Gasteiger partial charge in [-0.3, -0.25) is 0 Å². The van der Waals surface area contributed by atoms with Gasteiger partial charge in [-0.05, 0) is 25.8 Å². The summed E-state index contributed by atoms with van der Waals surface area (Å²) < 4.78 is 2.38. The zero-order valence-electron chi connectivity index (χ0n) is 11.1. The molecule has 17 heavy (non-hydrogen) atoms. The number of hydrogen-bond donors (Lipinski definition) is 2. The fourth-order valence-corrected chi connectivity index (χ4v) is 2.53. The van der Waals surface area contributed by atoms with Crippen molar-refractivity contribution in [2.24, 2.45) is 0 Å². The van der Waals surface area contributed by atoms with Crippen molar-refractivity contribution in [2.45, 2.75) is 52.0 Å². The molecule has 0 saturated heterocycles. The smallest absolute Gasteiger partial charge is 0.103 e. The number of nitrogens with two attached hydrogens (primary N) is 1. The highest BCUT2D eigenvalue weighted by atomic mass is 15.1. The normalized spacial score (nSPS) is 15.2.